The van der Waals surface area contributed by atoms with Crippen LogP contribution in [0.5, 0.6) is 5.88 Å². The molecule has 16 heteroatoms. The molecule has 2 aliphatic carbocycles. The van der Waals surface area contributed by atoms with E-state index in [4.69, 9.17) is 9.47 Å². The third-order valence-electron chi connectivity index (χ3n) is 9.57. The predicted molar refractivity (Wildman–Crippen MR) is 183 cm³/mol. The van der Waals surface area contributed by atoms with Crippen molar-refractivity contribution in [2.45, 2.75) is 120 Å². The van der Waals surface area contributed by atoms with Gasteiger partial charge in [-0.25, -0.2) is 27.6 Å². The fourth-order valence-corrected chi connectivity index (χ4v) is 8.03. The number of benzene rings is 1. The highest BCUT2D eigenvalue weighted by atomic mass is 32.2. The number of carbonyl (C=O) groups excluding carboxylic acids is 4. The van der Waals surface area contributed by atoms with Crippen LogP contribution in [0.3, 0.4) is 0 Å². The van der Waals surface area contributed by atoms with Crippen molar-refractivity contribution in [2.24, 2.45) is 5.92 Å². The first-order valence-electron chi connectivity index (χ1n) is 17.5. The SMILES string of the molecule is Cc1nc2ccc(F)cc2nc1O[C@@H]1C[C@H]2C(=O)N[C@]3(C(=O)NS(=O)(=O)C4CC4)CC3/C=C\CCCCC[C@H](NC(=O)OC(C)(C)C)C(=O)N2C1. The average Bonchev–Trinajstić information content (AvgIpc) is 3.96. The van der Waals surface area contributed by atoms with Crippen LogP contribution in [0.15, 0.2) is 30.4 Å². The number of nitrogens with one attached hydrogen (secondary N) is 3. The Morgan fingerprint density at radius 2 is 1.84 bits per heavy atom. The second-order valence-electron chi connectivity index (χ2n) is 14.9. The van der Waals surface area contributed by atoms with Gasteiger partial charge in [0, 0.05) is 18.4 Å². The molecular weight excluding hydrogens is 683 g/mol. The quantitative estimate of drug-likeness (QED) is 0.373. The molecule has 0 bridgehead atoms. The number of hydrogen-bond donors (Lipinski definition) is 3. The van der Waals surface area contributed by atoms with Gasteiger partial charge in [-0.2, -0.15) is 0 Å². The van der Waals surface area contributed by atoms with Crippen molar-refractivity contribution in [1.29, 1.82) is 0 Å². The van der Waals surface area contributed by atoms with E-state index < -0.39 is 80.2 Å². The molecule has 276 valence electrons. The van der Waals surface area contributed by atoms with E-state index >= 15 is 0 Å². The first-order valence-corrected chi connectivity index (χ1v) is 19.0. The maximum absolute atomic E-state index is 14.3. The van der Waals surface area contributed by atoms with E-state index in [-0.39, 0.29) is 37.2 Å². The van der Waals surface area contributed by atoms with E-state index in [1.807, 2.05) is 12.2 Å². The zero-order valence-corrected chi connectivity index (χ0v) is 30.1. The van der Waals surface area contributed by atoms with Crippen LogP contribution < -0.4 is 20.1 Å². The van der Waals surface area contributed by atoms with Crippen LogP contribution in [-0.2, 0) is 29.1 Å². The summed E-state index contributed by atoms with van der Waals surface area (Å²) in [6.07, 6.45) is 6.37. The molecular formula is C35H45FN6O8S. The Morgan fingerprint density at radius 1 is 1.08 bits per heavy atom. The van der Waals surface area contributed by atoms with Gasteiger partial charge in [0.1, 0.15) is 40.8 Å². The molecule has 6 rings (SSSR count). The normalized spacial score (nSPS) is 28.0. The Hall–Kier alpha value is -4.34. The predicted octanol–water partition coefficient (Wildman–Crippen LogP) is 3.32. The molecule has 1 saturated heterocycles. The molecule has 2 aromatic rings. The molecule has 1 aromatic heterocycles. The highest BCUT2D eigenvalue weighted by molar-refractivity contribution is 7.91. The molecule has 1 aromatic carbocycles. The summed E-state index contributed by atoms with van der Waals surface area (Å²) >= 11 is 0. The number of alkyl carbamates (subject to hydrolysis) is 1. The molecule has 2 aliphatic heterocycles. The fourth-order valence-electron chi connectivity index (χ4n) is 6.67. The summed E-state index contributed by atoms with van der Waals surface area (Å²) in [6.45, 7) is 6.72. The minimum atomic E-state index is -3.90. The van der Waals surface area contributed by atoms with Crippen molar-refractivity contribution in [1.82, 2.24) is 30.2 Å². The zero-order valence-electron chi connectivity index (χ0n) is 29.2. The summed E-state index contributed by atoms with van der Waals surface area (Å²) in [5.41, 5.74) is -1.20. The molecule has 5 atom stereocenters. The summed E-state index contributed by atoms with van der Waals surface area (Å²) < 4.78 is 53.4. The minimum absolute atomic E-state index is 0.0163. The number of rotatable bonds is 6. The second-order valence-corrected chi connectivity index (χ2v) is 16.9. The van der Waals surface area contributed by atoms with Crippen molar-refractivity contribution >= 4 is 44.9 Å². The number of amides is 4. The number of aryl methyl sites for hydroxylation is 1. The Labute approximate surface area is 296 Å². The van der Waals surface area contributed by atoms with E-state index in [1.165, 1.54) is 23.1 Å². The molecule has 3 N–H and O–H groups in total. The number of sulfonamides is 1. The summed E-state index contributed by atoms with van der Waals surface area (Å²) in [4.78, 5) is 65.3. The van der Waals surface area contributed by atoms with Crippen molar-refractivity contribution < 1.29 is 41.5 Å². The van der Waals surface area contributed by atoms with E-state index in [2.05, 4.69) is 25.3 Å². The van der Waals surface area contributed by atoms with E-state index in [9.17, 15) is 32.0 Å². The maximum atomic E-state index is 14.3. The molecule has 4 amide bonds. The average molecular weight is 729 g/mol. The third-order valence-corrected chi connectivity index (χ3v) is 11.4. The van der Waals surface area contributed by atoms with E-state index in [0.717, 1.165) is 12.8 Å². The summed E-state index contributed by atoms with van der Waals surface area (Å²) in [6, 6.07) is 1.82. The van der Waals surface area contributed by atoms with Crippen LogP contribution in [0.4, 0.5) is 9.18 Å². The van der Waals surface area contributed by atoms with E-state index in [1.54, 1.807) is 27.7 Å². The van der Waals surface area contributed by atoms with Gasteiger partial charge in [-0.1, -0.05) is 25.0 Å². The van der Waals surface area contributed by atoms with Gasteiger partial charge in [-0.15, -0.1) is 0 Å². The Balaban J connectivity index is 1.30. The number of carbonyl (C=O) groups is 4. The summed E-state index contributed by atoms with van der Waals surface area (Å²) in [5.74, 6) is -2.87. The lowest BCUT2D eigenvalue weighted by Gasteiger charge is -2.30. The second kappa shape index (κ2) is 14.0. The van der Waals surface area contributed by atoms with Gasteiger partial charge < -0.3 is 25.0 Å². The monoisotopic (exact) mass is 728 g/mol. The number of allylic oxidation sites excluding steroid dienone is 1. The molecule has 0 spiro atoms. The largest absolute Gasteiger partial charge is 0.471 e. The minimum Gasteiger partial charge on any atom is -0.471 e. The fraction of sp³-hybridized carbons (Fsp3) is 0.600. The van der Waals surface area contributed by atoms with Crippen LogP contribution in [0.2, 0.25) is 0 Å². The van der Waals surface area contributed by atoms with Crippen LogP contribution in [0, 0.1) is 18.7 Å². The van der Waals surface area contributed by atoms with Gasteiger partial charge in [0.15, 0.2) is 0 Å². The molecule has 3 fully saturated rings. The lowest BCUT2D eigenvalue weighted by Crippen LogP contribution is -2.58. The summed E-state index contributed by atoms with van der Waals surface area (Å²) in [5, 5.41) is 4.89. The lowest BCUT2D eigenvalue weighted by atomic mass is 10.0. The zero-order chi connectivity index (χ0) is 36.7. The van der Waals surface area contributed by atoms with Gasteiger partial charge in [0.2, 0.25) is 27.7 Å². The number of ether oxygens (including phenoxy) is 2. The van der Waals surface area contributed by atoms with Gasteiger partial charge in [0.05, 0.1) is 22.8 Å². The Morgan fingerprint density at radius 3 is 2.57 bits per heavy atom. The smallest absolute Gasteiger partial charge is 0.408 e. The molecule has 2 saturated carbocycles. The van der Waals surface area contributed by atoms with Crippen molar-refractivity contribution in [3.05, 3.63) is 41.9 Å². The van der Waals surface area contributed by atoms with Crippen LogP contribution in [-0.4, -0.2) is 88.2 Å². The number of fused-ring (bicyclic) bond motifs is 3. The number of nitrogens with zero attached hydrogens (tertiary/aromatic N) is 3. The standard InChI is InChI=1S/C35H45FN6O8S/c1-20-30(38-27-16-22(36)12-15-25(27)37-20)49-23-17-28-29(43)40-35(32(45)41-51(47,48)24-13-14-24)18-21(35)10-8-6-5-7-9-11-26(31(44)42(28)19-23)39-33(46)50-34(2,3)4/h8,10,12,15-16,21,23-24,26,28H,5-7,9,11,13-14,17-19H2,1-4H3,(H,39,46)(H,40,43)(H,41,45)/b10-8-/t21?,23-,26+,28+,35-/m1/s1. The topological polar surface area (TPSA) is 186 Å². The maximum Gasteiger partial charge on any atom is 0.408 e. The first kappa shape index (κ1) is 36.5. The summed E-state index contributed by atoms with van der Waals surface area (Å²) in [7, 11) is -3.90. The van der Waals surface area contributed by atoms with Gasteiger partial charge in [-0.3, -0.25) is 19.1 Å². The Bertz CT molecular complexity index is 1860. The molecule has 4 aliphatic rings. The van der Waals surface area contributed by atoms with Crippen LogP contribution in [0.1, 0.15) is 84.3 Å². The van der Waals surface area contributed by atoms with Crippen molar-refractivity contribution in [3.8, 4) is 5.88 Å². The number of aromatic nitrogens is 2. The van der Waals surface area contributed by atoms with Gasteiger partial charge in [-0.05, 0) is 78.4 Å². The van der Waals surface area contributed by atoms with E-state index in [0.29, 0.717) is 36.9 Å². The lowest BCUT2D eigenvalue weighted by molar-refractivity contribution is -0.141. The molecule has 51 heavy (non-hydrogen) atoms. The number of halogens is 1. The van der Waals surface area contributed by atoms with Crippen molar-refractivity contribution in [3.63, 3.8) is 0 Å². The van der Waals surface area contributed by atoms with Crippen LogP contribution in [0.25, 0.3) is 11.0 Å². The first-order chi connectivity index (χ1) is 24.0. The molecule has 14 nitrogen and oxygen atoms in total. The number of hydrogen-bond acceptors (Lipinski definition) is 10. The van der Waals surface area contributed by atoms with Gasteiger partial charge in [0.25, 0.3) is 5.91 Å². The highest BCUT2D eigenvalue weighted by Crippen LogP contribution is 2.46. The molecule has 0 radical (unpaired) electrons. The van der Waals surface area contributed by atoms with Crippen LogP contribution >= 0.6 is 0 Å². The molecule has 3 heterocycles. The highest BCUT2D eigenvalue weighted by Gasteiger charge is 2.62. The van der Waals surface area contributed by atoms with Crippen molar-refractivity contribution in [2.75, 3.05) is 6.54 Å². The molecule has 1 unspecified atom stereocenters. The Kier molecular flexibility index (Phi) is 10.0. The van der Waals surface area contributed by atoms with Gasteiger partial charge >= 0.3 is 6.09 Å². The third kappa shape index (κ3) is 8.42.